The molecule has 0 atom stereocenters. The molecule has 4 rings (SSSR count). The number of nitrogens with zero attached hydrogens (tertiary/aromatic N) is 2. The van der Waals surface area contributed by atoms with Crippen LogP contribution in [0.4, 0.5) is 22.0 Å². The Bertz CT molecular complexity index is 1250. The lowest BCUT2D eigenvalue weighted by Gasteiger charge is -2.30. The summed E-state index contributed by atoms with van der Waals surface area (Å²) < 4.78 is 85.8. The molecule has 1 N–H and O–H groups in total. The van der Waals surface area contributed by atoms with Gasteiger partial charge in [0.1, 0.15) is 16.5 Å². The van der Waals surface area contributed by atoms with Gasteiger partial charge in [-0.15, -0.1) is 0 Å². The molecule has 0 saturated carbocycles. The number of hydrogen-bond donors (Lipinski definition) is 1. The molecule has 12 heteroatoms. The fourth-order valence-electron chi connectivity index (χ4n) is 3.12. The SMILES string of the molecule is O=C(O)C(F)(F)F.O=S(=O)(c1cc(F)ccc1F)n1ccc2c(CN3CCC3)cccc21. The van der Waals surface area contributed by atoms with E-state index in [1.807, 2.05) is 6.07 Å². The quantitative estimate of drug-likeness (QED) is 0.576. The lowest BCUT2D eigenvalue weighted by molar-refractivity contribution is -0.192. The third-order valence-electron chi connectivity index (χ3n) is 4.80. The van der Waals surface area contributed by atoms with Gasteiger partial charge in [-0.05, 0) is 55.4 Å². The monoisotopic (exact) mass is 476 g/mol. The highest BCUT2D eigenvalue weighted by Gasteiger charge is 2.38. The van der Waals surface area contributed by atoms with Gasteiger partial charge in [-0.25, -0.2) is 26.0 Å². The molecule has 2 heterocycles. The van der Waals surface area contributed by atoms with Crippen LogP contribution in [0.5, 0.6) is 0 Å². The first-order valence-corrected chi connectivity index (χ1v) is 10.7. The van der Waals surface area contributed by atoms with E-state index in [9.17, 15) is 30.4 Å². The van der Waals surface area contributed by atoms with Gasteiger partial charge in [0, 0.05) is 18.1 Å². The highest BCUT2D eigenvalue weighted by molar-refractivity contribution is 7.90. The summed E-state index contributed by atoms with van der Waals surface area (Å²) in [5.41, 5.74) is 1.48. The number of rotatable bonds is 4. The third kappa shape index (κ3) is 4.91. The minimum Gasteiger partial charge on any atom is -0.475 e. The van der Waals surface area contributed by atoms with Crippen molar-refractivity contribution in [2.45, 2.75) is 24.0 Å². The first kappa shape index (κ1) is 23.7. The number of halogens is 5. The predicted molar refractivity (Wildman–Crippen MR) is 104 cm³/mol. The number of aromatic nitrogens is 1. The molecular formula is C20H17F5N2O4S. The van der Waals surface area contributed by atoms with E-state index in [0.29, 0.717) is 11.6 Å². The number of aliphatic carboxylic acids is 1. The van der Waals surface area contributed by atoms with Crippen molar-refractivity contribution in [3.63, 3.8) is 0 Å². The van der Waals surface area contributed by atoms with E-state index in [1.165, 1.54) is 12.6 Å². The molecule has 1 aromatic heterocycles. The van der Waals surface area contributed by atoms with Gasteiger partial charge >= 0.3 is 12.1 Å². The summed E-state index contributed by atoms with van der Waals surface area (Å²) in [5.74, 6) is -4.53. The summed E-state index contributed by atoms with van der Waals surface area (Å²) in [7, 11) is -4.22. The second-order valence-electron chi connectivity index (χ2n) is 6.97. The van der Waals surface area contributed by atoms with Gasteiger partial charge in [-0.3, -0.25) is 4.90 Å². The number of likely N-dealkylation sites (tertiary alicyclic amines) is 1. The minimum absolute atomic E-state index is 0.460. The molecule has 0 aliphatic carbocycles. The van der Waals surface area contributed by atoms with Gasteiger partial charge in [-0.1, -0.05) is 12.1 Å². The van der Waals surface area contributed by atoms with Crippen molar-refractivity contribution < 1.29 is 40.3 Å². The molecule has 172 valence electrons. The summed E-state index contributed by atoms with van der Waals surface area (Å²) >= 11 is 0. The molecule has 1 saturated heterocycles. The molecule has 0 radical (unpaired) electrons. The van der Waals surface area contributed by atoms with E-state index in [-0.39, 0.29) is 0 Å². The summed E-state index contributed by atoms with van der Waals surface area (Å²) in [4.78, 5) is 10.5. The molecule has 3 aromatic rings. The second kappa shape index (κ2) is 8.87. The smallest absolute Gasteiger partial charge is 0.475 e. The Balaban J connectivity index is 0.000000360. The van der Waals surface area contributed by atoms with Crippen LogP contribution in [-0.4, -0.2) is 47.6 Å². The third-order valence-corrected chi connectivity index (χ3v) is 6.51. The zero-order chi connectivity index (χ0) is 23.7. The Morgan fingerprint density at radius 3 is 2.28 bits per heavy atom. The van der Waals surface area contributed by atoms with E-state index < -0.39 is 38.7 Å². The molecule has 32 heavy (non-hydrogen) atoms. The van der Waals surface area contributed by atoms with Crippen LogP contribution in [0.1, 0.15) is 12.0 Å². The number of fused-ring (bicyclic) bond motifs is 1. The van der Waals surface area contributed by atoms with E-state index in [1.54, 1.807) is 18.2 Å². The Morgan fingerprint density at radius 2 is 1.72 bits per heavy atom. The van der Waals surface area contributed by atoms with Gasteiger partial charge < -0.3 is 5.11 Å². The first-order chi connectivity index (χ1) is 14.9. The zero-order valence-corrected chi connectivity index (χ0v) is 17.1. The summed E-state index contributed by atoms with van der Waals surface area (Å²) in [6.07, 6.45) is -2.52. The molecule has 6 nitrogen and oxygen atoms in total. The number of hydrogen-bond acceptors (Lipinski definition) is 4. The van der Waals surface area contributed by atoms with Gasteiger partial charge in [0.15, 0.2) is 0 Å². The van der Waals surface area contributed by atoms with Crippen LogP contribution in [0.25, 0.3) is 10.9 Å². The number of alkyl halides is 3. The van der Waals surface area contributed by atoms with Crippen molar-refractivity contribution in [2.75, 3.05) is 13.1 Å². The van der Waals surface area contributed by atoms with Gasteiger partial charge in [-0.2, -0.15) is 13.2 Å². The Morgan fingerprint density at radius 1 is 1.06 bits per heavy atom. The van der Waals surface area contributed by atoms with Crippen molar-refractivity contribution in [1.82, 2.24) is 8.87 Å². The maximum absolute atomic E-state index is 14.0. The molecule has 1 aliphatic rings. The summed E-state index contributed by atoms with van der Waals surface area (Å²) in [5, 5.41) is 7.93. The van der Waals surface area contributed by atoms with Crippen LogP contribution in [0, 0.1) is 11.6 Å². The normalized spacial score (nSPS) is 14.5. The maximum Gasteiger partial charge on any atom is 0.490 e. The lowest BCUT2D eigenvalue weighted by atomic mass is 10.1. The second-order valence-corrected chi connectivity index (χ2v) is 8.76. The molecule has 2 aromatic carbocycles. The Kier molecular flexibility index (Phi) is 6.56. The van der Waals surface area contributed by atoms with Crippen molar-refractivity contribution in [3.8, 4) is 0 Å². The molecule has 0 bridgehead atoms. The lowest BCUT2D eigenvalue weighted by Crippen LogP contribution is -2.36. The molecule has 1 aliphatic heterocycles. The number of carbonyl (C=O) groups is 1. The predicted octanol–water partition coefficient (Wildman–Crippen LogP) is 4.00. The van der Waals surface area contributed by atoms with Gasteiger partial charge in [0.25, 0.3) is 10.0 Å². The largest absolute Gasteiger partial charge is 0.490 e. The Labute approximate surface area is 179 Å². The van der Waals surface area contributed by atoms with Crippen molar-refractivity contribution >= 4 is 26.9 Å². The van der Waals surface area contributed by atoms with Crippen LogP contribution < -0.4 is 0 Å². The van der Waals surface area contributed by atoms with Crippen molar-refractivity contribution in [3.05, 3.63) is 65.9 Å². The van der Waals surface area contributed by atoms with Crippen molar-refractivity contribution in [1.29, 1.82) is 0 Å². The summed E-state index contributed by atoms with van der Waals surface area (Å²) in [6, 6.07) is 9.55. The van der Waals surface area contributed by atoms with E-state index in [0.717, 1.165) is 46.7 Å². The van der Waals surface area contributed by atoms with Crippen LogP contribution in [-0.2, 0) is 21.4 Å². The minimum atomic E-state index is -5.08. The van der Waals surface area contributed by atoms with Crippen LogP contribution in [0.2, 0.25) is 0 Å². The molecular weight excluding hydrogens is 459 g/mol. The standard InChI is InChI=1S/C18H16F2N2O2S.C2HF3O2/c19-14-5-6-16(20)18(11-14)25(23,24)22-10-7-15-13(3-1-4-17(15)22)12-21-8-2-9-21;3-2(4,5)1(6)7/h1,3-7,10-11H,2,8-9,12H2;(H,6,7). The molecule has 0 unspecified atom stereocenters. The van der Waals surface area contributed by atoms with Crippen LogP contribution in [0.15, 0.2) is 53.6 Å². The fourth-order valence-corrected chi connectivity index (χ4v) is 4.54. The fraction of sp³-hybridized carbons (Fsp3) is 0.250. The Hall–Kier alpha value is -2.99. The molecule has 0 amide bonds. The maximum atomic E-state index is 14.0. The molecule has 0 spiro atoms. The zero-order valence-electron chi connectivity index (χ0n) is 16.3. The van der Waals surface area contributed by atoms with E-state index in [2.05, 4.69) is 4.90 Å². The number of carboxylic acid groups (broad SMARTS) is 1. The molecule has 1 fully saturated rings. The highest BCUT2D eigenvalue weighted by atomic mass is 32.2. The van der Waals surface area contributed by atoms with E-state index in [4.69, 9.17) is 9.90 Å². The van der Waals surface area contributed by atoms with Crippen LogP contribution in [0.3, 0.4) is 0 Å². The van der Waals surface area contributed by atoms with Crippen molar-refractivity contribution in [2.24, 2.45) is 0 Å². The van der Waals surface area contributed by atoms with E-state index >= 15 is 0 Å². The van der Waals surface area contributed by atoms with Crippen LogP contribution >= 0.6 is 0 Å². The summed E-state index contributed by atoms with van der Waals surface area (Å²) in [6.45, 7) is 2.81. The topological polar surface area (TPSA) is 79.6 Å². The number of benzene rings is 2. The average molecular weight is 476 g/mol. The first-order valence-electron chi connectivity index (χ1n) is 9.23. The van der Waals surface area contributed by atoms with Gasteiger partial charge in [0.2, 0.25) is 0 Å². The van der Waals surface area contributed by atoms with Gasteiger partial charge in [0.05, 0.1) is 5.52 Å². The highest BCUT2D eigenvalue weighted by Crippen LogP contribution is 2.27. The average Bonchev–Trinajstić information content (AvgIpc) is 3.12. The number of carboxylic acids is 1.